The Labute approximate surface area is 117 Å². The van der Waals surface area contributed by atoms with Crippen LogP contribution in [0.3, 0.4) is 0 Å². The molecule has 2 heterocycles. The highest BCUT2D eigenvalue weighted by atomic mass is 35.5. The van der Waals surface area contributed by atoms with E-state index in [1.165, 1.54) is 18.3 Å². The second-order valence-electron chi connectivity index (χ2n) is 3.16. The third-order valence-electron chi connectivity index (χ3n) is 1.86. The first kappa shape index (κ1) is 13.0. The molecule has 1 N–H and O–H groups in total. The lowest BCUT2D eigenvalue weighted by Gasteiger charge is -2.04. The van der Waals surface area contributed by atoms with Gasteiger partial charge < -0.3 is 5.32 Å². The number of halogens is 3. The zero-order valence-corrected chi connectivity index (χ0v) is 11.0. The van der Waals surface area contributed by atoms with Crippen molar-refractivity contribution < 1.29 is 4.79 Å². The lowest BCUT2D eigenvalue weighted by atomic mass is 10.3. The van der Waals surface area contributed by atoms with Gasteiger partial charge in [0.2, 0.25) is 5.28 Å². The summed E-state index contributed by atoms with van der Waals surface area (Å²) in [5, 5.41) is 2.97. The summed E-state index contributed by atoms with van der Waals surface area (Å²) < 4.78 is 0. The largest absolute Gasteiger partial charge is 0.305 e. The lowest BCUT2D eigenvalue weighted by molar-refractivity contribution is 0.102. The van der Waals surface area contributed by atoms with Crippen molar-refractivity contribution in [1.29, 1.82) is 0 Å². The topological polar surface area (TPSA) is 67.8 Å². The minimum Gasteiger partial charge on any atom is -0.305 e. The van der Waals surface area contributed by atoms with Crippen LogP contribution >= 0.6 is 34.8 Å². The quantitative estimate of drug-likeness (QED) is 0.684. The van der Waals surface area contributed by atoms with E-state index in [-0.39, 0.29) is 21.9 Å². The van der Waals surface area contributed by atoms with E-state index in [0.717, 1.165) is 0 Å². The van der Waals surface area contributed by atoms with Crippen LogP contribution in [0.4, 0.5) is 5.82 Å². The monoisotopic (exact) mass is 302 g/mol. The number of amides is 1. The Hall–Kier alpha value is -1.43. The molecule has 92 valence electrons. The summed E-state index contributed by atoms with van der Waals surface area (Å²) >= 11 is 17.0. The van der Waals surface area contributed by atoms with Crippen LogP contribution in [0, 0.1) is 0 Å². The summed E-state index contributed by atoms with van der Waals surface area (Å²) in [5.74, 6) is -0.282. The van der Waals surface area contributed by atoms with Gasteiger partial charge in [0.15, 0.2) is 0 Å². The summed E-state index contributed by atoms with van der Waals surface area (Å²) in [4.78, 5) is 23.1. The molecule has 5 nitrogen and oxygen atoms in total. The third-order valence-corrected chi connectivity index (χ3v) is 2.46. The number of carbonyl (C=O) groups excluding carboxylic acids is 1. The molecule has 0 unspecified atom stereocenters. The van der Waals surface area contributed by atoms with E-state index in [1.807, 2.05) is 0 Å². The number of anilines is 1. The van der Waals surface area contributed by atoms with Crippen molar-refractivity contribution in [2.24, 2.45) is 0 Å². The number of nitrogens with zero attached hydrogens (tertiary/aromatic N) is 3. The summed E-state index contributed by atoms with van der Waals surface area (Å²) in [6.45, 7) is 0. The highest BCUT2D eigenvalue weighted by Crippen LogP contribution is 2.15. The SMILES string of the molecule is O=C(Nc1cc(Cl)nc(Cl)n1)c1cc(Cl)ccn1. The van der Waals surface area contributed by atoms with Gasteiger partial charge in [0.25, 0.3) is 5.91 Å². The van der Waals surface area contributed by atoms with Crippen LogP contribution in [0.2, 0.25) is 15.5 Å². The second kappa shape index (κ2) is 5.48. The molecule has 0 radical (unpaired) electrons. The molecule has 2 rings (SSSR count). The normalized spacial score (nSPS) is 10.2. The Kier molecular flexibility index (Phi) is 3.96. The highest BCUT2D eigenvalue weighted by Gasteiger charge is 2.10. The fraction of sp³-hybridized carbons (Fsp3) is 0. The van der Waals surface area contributed by atoms with Gasteiger partial charge in [-0.1, -0.05) is 23.2 Å². The highest BCUT2D eigenvalue weighted by molar-refractivity contribution is 6.32. The molecule has 0 aromatic carbocycles. The van der Waals surface area contributed by atoms with Crippen molar-refractivity contribution in [2.45, 2.75) is 0 Å². The fourth-order valence-electron chi connectivity index (χ4n) is 1.16. The summed E-state index contributed by atoms with van der Waals surface area (Å²) in [6, 6.07) is 4.37. The molecule has 1 amide bonds. The van der Waals surface area contributed by atoms with Crippen LogP contribution in [0.25, 0.3) is 0 Å². The number of rotatable bonds is 2. The molecule has 8 heteroatoms. The second-order valence-corrected chi connectivity index (χ2v) is 4.32. The van der Waals surface area contributed by atoms with Crippen LogP contribution < -0.4 is 5.32 Å². The van der Waals surface area contributed by atoms with Crippen LogP contribution in [0.1, 0.15) is 10.5 Å². The average Bonchev–Trinajstić information content (AvgIpc) is 2.27. The van der Waals surface area contributed by atoms with E-state index in [2.05, 4.69) is 20.3 Å². The molecule has 0 bridgehead atoms. The van der Waals surface area contributed by atoms with Gasteiger partial charge in [-0.25, -0.2) is 9.97 Å². The van der Waals surface area contributed by atoms with Gasteiger partial charge in [-0.2, -0.15) is 0 Å². The lowest BCUT2D eigenvalue weighted by Crippen LogP contribution is -2.14. The van der Waals surface area contributed by atoms with Gasteiger partial charge in [0.1, 0.15) is 16.7 Å². The molecule has 18 heavy (non-hydrogen) atoms. The first-order valence-electron chi connectivity index (χ1n) is 4.67. The Bertz CT molecular complexity index is 585. The Balaban J connectivity index is 2.21. The summed E-state index contributed by atoms with van der Waals surface area (Å²) in [7, 11) is 0. The van der Waals surface area contributed by atoms with Crippen molar-refractivity contribution in [3.05, 3.63) is 45.5 Å². The molecule has 0 atom stereocenters. The molecular formula is C10H5Cl3N4O. The average molecular weight is 304 g/mol. The van der Waals surface area contributed by atoms with Gasteiger partial charge in [-0.05, 0) is 23.7 Å². The number of pyridine rings is 1. The first-order valence-corrected chi connectivity index (χ1v) is 5.81. The van der Waals surface area contributed by atoms with E-state index in [0.29, 0.717) is 5.02 Å². The van der Waals surface area contributed by atoms with Crippen LogP contribution in [-0.4, -0.2) is 20.9 Å². The molecule has 0 saturated carbocycles. The Morgan fingerprint density at radius 1 is 1.17 bits per heavy atom. The maximum Gasteiger partial charge on any atom is 0.275 e. The van der Waals surface area contributed by atoms with Crippen molar-refractivity contribution in [1.82, 2.24) is 15.0 Å². The van der Waals surface area contributed by atoms with Crippen LogP contribution in [0.15, 0.2) is 24.4 Å². The number of nitrogens with one attached hydrogen (secondary N) is 1. The van der Waals surface area contributed by atoms with E-state index in [1.54, 1.807) is 6.07 Å². The molecule has 0 aliphatic rings. The van der Waals surface area contributed by atoms with E-state index in [4.69, 9.17) is 34.8 Å². The van der Waals surface area contributed by atoms with Gasteiger partial charge in [0.05, 0.1) is 0 Å². The summed E-state index contributed by atoms with van der Waals surface area (Å²) in [6.07, 6.45) is 1.43. The Morgan fingerprint density at radius 3 is 2.61 bits per heavy atom. The molecule has 2 aromatic rings. The molecule has 0 aliphatic heterocycles. The maximum absolute atomic E-state index is 11.8. The first-order chi connectivity index (χ1) is 8.54. The molecule has 0 saturated heterocycles. The molecule has 0 fully saturated rings. The minimum atomic E-state index is -0.469. The smallest absolute Gasteiger partial charge is 0.275 e. The number of carbonyl (C=O) groups is 1. The summed E-state index contributed by atoms with van der Waals surface area (Å²) in [5.41, 5.74) is 0.161. The van der Waals surface area contributed by atoms with Crippen molar-refractivity contribution in [3.8, 4) is 0 Å². The zero-order valence-electron chi connectivity index (χ0n) is 8.69. The standard InChI is InChI=1S/C10H5Cl3N4O/c11-5-1-2-14-6(3-5)9(18)16-8-4-7(12)15-10(13)17-8/h1-4H,(H,15,16,17,18). The minimum absolute atomic E-state index is 0.0585. The predicted molar refractivity (Wildman–Crippen MR) is 69.3 cm³/mol. The number of aromatic nitrogens is 3. The van der Waals surface area contributed by atoms with E-state index in [9.17, 15) is 4.79 Å². The predicted octanol–water partition coefficient (Wildman–Crippen LogP) is 3.08. The number of hydrogen-bond donors (Lipinski definition) is 1. The maximum atomic E-state index is 11.8. The van der Waals surface area contributed by atoms with Crippen molar-refractivity contribution >= 4 is 46.5 Å². The number of hydrogen-bond acceptors (Lipinski definition) is 4. The Morgan fingerprint density at radius 2 is 1.94 bits per heavy atom. The van der Waals surface area contributed by atoms with Gasteiger partial charge >= 0.3 is 0 Å². The van der Waals surface area contributed by atoms with Crippen molar-refractivity contribution in [3.63, 3.8) is 0 Å². The van der Waals surface area contributed by atoms with Gasteiger partial charge in [0, 0.05) is 17.3 Å². The van der Waals surface area contributed by atoms with Gasteiger partial charge in [-0.3, -0.25) is 9.78 Å². The molecule has 0 aliphatic carbocycles. The van der Waals surface area contributed by atoms with E-state index >= 15 is 0 Å². The van der Waals surface area contributed by atoms with Crippen molar-refractivity contribution in [2.75, 3.05) is 5.32 Å². The molecule has 0 spiro atoms. The van der Waals surface area contributed by atoms with E-state index < -0.39 is 5.91 Å². The third kappa shape index (κ3) is 3.29. The molecule has 2 aromatic heterocycles. The van der Waals surface area contributed by atoms with Gasteiger partial charge in [-0.15, -0.1) is 0 Å². The zero-order chi connectivity index (χ0) is 13.1. The molecular weight excluding hydrogens is 298 g/mol. The fourth-order valence-corrected chi connectivity index (χ4v) is 1.73. The van der Waals surface area contributed by atoms with Crippen LogP contribution in [-0.2, 0) is 0 Å². The van der Waals surface area contributed by atoms with Crippen LogP contribution in [0.5, 0.6) is 0 Å².